The zero-order valence-corrected chi connectivity index (χ0v) is 11.5. The number of amides is 1. The smallest absolute Gasteiger partial charge is 0.338 e. The summed E-state index contributed by atoms with van der Waals surface area (Å²) in [5.41, 5.74) is 0.252. The maximum Gasteiger partial charge on any atom is 0.338 e. The molecule has 4 nitrogen and oxygen atoms in total. The van der Waals surface area contributed by atoms with Gasteiger partial charge in [-0.05, 0) is 32.0 Å². The van der Waals surface area contributed by atoms with Crippen molar-refractivity contribution in [2.75, 3.05) is 6.61 Å². The van der Waals surface area contributed by atoms with Crippen LogP contribution in [-0.4, -0.2) is 24.5 Å². The van der Waals surface area contributed by atoms with Gasteiger partial charge in [0.05, 0.1) is 15.6 Å². The van der Waals surface area contributed by atoms with Crippen LogP contribution in [-0.2, 0) is 9.53 Å². The summed E-state index contributed by atoms with van der Waals surface area (Å²) in [6.45, 7) is 3.31. The number of rotatable bonds is 4. The lowest BCUT2D eigenvalue weighted by molar-refractivity contribution is -0.124. The van der Waals surface area contributed by atoms with E-state index < -0.39 is 5.97 Å². The largest absolute Gasteiger partial charge is 0.452 e. The van der Waals surface area contributed by atoms with E-state index in [1.54, 1.807) is 0 Å². The Bertz CT molecular complexity index is 461. The molecule has 0 aromatic heterocycles. The van der Waals surface area contributed by atoms with Crippen molar-refractivity contribution in [2.24, 2.45) is 0 Å². The standard InChI is InChI=1S/C12H13Cl2NO3/c1-7(2)15-11(16)6-18-12(17)8-3-4-9(13)10(14)5-8/h3-5,7H,6H2,1-2H3,(H,15,16). The van der Waals surface area contributed by atoms with E-state index in [-0.39, 0.29) is 29.1 Å². The number of carbonyl (C=O) groups excluding carboxylic acids is 2. The Morgan fingerprint density at radius 3 is 2.50 bits per heavy atom. The second-order valence-electron chi connectivity index (χ2n) is 3.93. The first-order valence-electron chi connectivity index (χ1n) is 5.31. The molecular formula is C12H13Cl2NO3. The lowest BCUT2D eigenvalue weighted by Crippen LogP contribution is -2.33. The highest BCUT2D eigenvalue weighted by Crippen LogP contribution is 2.22. The highest BCUT2D eigenvalue weighted by atomic mass is 35.5. The molecule has 0 aliphatic rings. The van der Waals surface area contributed by atoms with Crippen molar-refractivity contribution in [1.82, 2.24) is 5.32 Å². The molecule has 0 aliphatic carbocycles. The van der Waals surface area contributed by atoms with Gasteiger partial charge in [-0.2, -0.15) is 0 Å². The number of nitrogens with one attached hydrogen (secondary N) is 1. The van der Waals surface area contributed by atoms with Gasteiger partial charge in [0, 0.05) is 6.04 Å². The molecule has 1 aromatic carbocycles. The van der Waals surface area contributed by atoms with Gasteiger partial charge in [-0.15, -0.1) is 0 Å². The van der Waals surface area contributed by atoms with E-state index in [0.717, 1.165) is 0 Å². The van der Waals surface area contributed by atoms with E-state index in [2.05, 4.69) is 5.32 Å². The van der Waals surface area contributed by atoms with Crippen LogP contribution in [0, 0.1) is 0 Å². The molecule has 0 saturated heterocycles. The molecule has 0 saturated carbocycles. The third kappa shape index (κ3) is 4.55. The lowest BCUT2D eigenvalue weighted by Gasteiger charge is -2.09. The zero-order chi connectivity index (χ0) is 13.7. The number of hydrogen-bond donors (Lipinski definition) is 1. The Balaban J connectivity index is 2.55. The fraction of sp³-hybridized carbons (Fsp3) is 0.333. The molecule has 0 aliphatic heterocycles. The van der Waals surface area contributed by atoms with Gasteiger partial charge in [-0.1, -0.05) is 23.2 Å². The summed E-state index contributed by atoms with van der Waals surface area (Å²) in [4.78, 5) is 22.9. The molecule has 0 fully saturated rings. The summed E-state index contributed by atoms with van der Waals surface area (Å²) < 4.78 is 4.83. The first kappa shape index (κ1) is 14.8. The van der Waals surface area contributed by atoms with Gasteiger partial charge in [0.2, 0.25) is 0 Å². The van der Waals surface area contributed by atoms with Gasteiger partial charge < -0.3 is 10.1 Å². The van der Waals surface area contributed by atoms with Crippen LogP contribution < -0.4 is 5.32 Å². The van der Waals surface area contributed by atoms with E-state index in [4.69, 9.17) is 27.9 Å². The highest BCUT2D eigenvalue weighted by molar-refractivity contribution is 6.42. The normalized spacial score (nSPS) is 10.3. The molecule has 6 heteroatoms. The van der Waals surface area contributed by atoms with E-state index in [9.17, 15) is 9.59 Å². The van der Waals surface area contributed by atoms with Crippen molar-refractivity contribution >= 4 is 35.1 Å². The zero-order valence-electron chi connectivity index (χ0n) is 10.00. The Morgan fingerprint density at radius 1 is 1.28 bits per heavy atom. The van der Waals surface area contributed by atoms with Crippen molar-refractivity contribution in [3.8, 4) is 0 Å². The van der Waals surface area contributed by atoms with E-state index in [1.165, 1.54) is 18.2 Å². The fourth-order valence-electron chi connectivity index (χ4n) is 1.20. The molecule has 0 atom stereocenters. The van der Waals surface area contributed by atoms with Gasteiger partial charge in [-0.25, -0.2) is 4.79 Å². The summed E-state index contributed by atoms with van der Waals surface area (Å²) in [5.74, 6) is -0.967. The highest BCUT2D eigenvalue weighted by Gasteiger charge is 2.12. The SMILES string of the molecule is CC(C)NC(=O)COC(=O)c1ccc(Cl)c(Cl)c1. The Morgan fingerprint density at radius 2 is 1.94 bits per heavy atom. The van der Waals surface area contributed by atoms with Crippen LogP contribution in [0.1, 0.15) is 24.2 Å². The molecule has 0 bridgehead atoms. The molecule has 0 unspecified atom stereocenters. The maximum absolute atomic E-state index is 11.6. The van der Waals surface area contributed by atoms with Crippen LogP contribution in [0.25, 0.3) is 0 Å². The molecule has 1 N–H and O–H groups in total. The minimum absolute atomic E-state index is 0.00109. The van der Waals surface area contributed by atoms with Crippen LogP contribution in [0.2, 0.25) is 10.0 Å². The van der Waals surface area contributed by atoms with Crippen LogP contribution in [0.5, 0.6) is 0 Å². The minimum Gasteiger partial charge on any atom is -0.452 e. The number of benzene rings is 1. The number of esters is 1. The van der Waals surface area contributed by atoms with Crippen LogP contribution >= 0.6 is 23.2 Å². The first-order chi connectivity index (χ1) is 8.40. The van der Waals surface area contributed by atoms with Gasteiger partial charge in [-0.3, -0.25) is 4.79 Å². The van der Waals surface area contributed by atoms with Gasteiger partial charge in [0.1, 0.15) is 0 Å². The summed E-state index contributed by atoms with van der Waals surface area (Å²) in [6, 6.07) is 4.37. The average Bonchev–Trinajstić information content (AvgIpc) is 2.28. The lowest BCUT2D eigenvalue weighted by atomic mass is 10.2. The molecule has 0 spiro atoms. The molecule has 0 radical (unpaired) electrons. The molecule has 98 valence electrons. The van der Waals surface area contributed by atoms with Crippen molar-refractivity contribution in [1.29, 1.82) is 0 Å². The Kier molecular flexibility index (Phi) is 5.44. The molecular weight excluding hydrogens is 277 g/mol. The van der Waals surface area contributed by atoms with Crippen molar-refractivity contribution in [3.05, 3.63) is 33.8 Å². The average molecular weight is 290 g/mol. The maximum atomic E-state index is 11.6. The van der Waals surface area contributed by atoms with E-state index in [0.29, 0.717) is 5.02 Å². The molecule has 0 heterocycles. The summed E-state index contributed by atoms with van der Waals surface area (Å²) in [7, 11) is 0. The Labute approximate surface area is 115 Å². The molecule has 1 aromatic rings. The molecule has 18 heavy (non-hydrogen) atoms. The predicted octanol–water partition coefficient (Wildman–Crippen LogP) is 2.67. The monoisotopic (exact) mass is 289 g/mol. The van der Waals surface area contributed by atoms with Gasteiger partial charge in [0.15, 0.2) is 6.61 Å². The summed E-state index contributed by atoms with van der Waals surface area (Å²) in [6.07, 6.45) is 0. The third-order valence-electron chi connectivity index (χ3n) is 1.94. The summed E-state index contributed by atoms with van der Waals surface area (Å²) >= 11 is 11.5. The fourth-order valence-corrected chi connectivity index (χ4v) is 1.50. The Hall–Kier alpha value is -1.26. The quantitative estimate of drug-likeness (QED) is 0.867. The van der Waals surface area contributed by atoms with Gasteiger partial charge in [0.25, 0.3) is 5.91 Å². The van der Waals surface area contributed by atoms with Crippen molar-refractivity contribution in [2.45, 2.75) is 19.9 Å². The predicted molar refractivity (Wildman–Crippen MR) is 70.0 cm³/mol. The van der Waals surface area contributed by atoms with E-state index >= 15 is 0 Å². The van der Waals surface area contributed by atoms with Crippen molar-refractivity contribution in [3.63, 3.8) is 0 Å². The van der Waals surface area contributed by atoms with Crippen molar-refractivity contribution < 1.29 is 14.3 Å². The second-order valence-corrected chi connectivity index (χ2v) is 4.74. The van der Waals surface area contributed by atoms with Crippen LogP contribution in [0.4, 0.5) is 0 Å². The minimum atomic E-state index is -0.618. The number of ether oxygens (including phenoxy) is 1. The first-order valence-corrected chi connectivity index (χ1v) is 6.07. The second kappa shape index (κ2) is 6.61. The number of carbonyl (C=O) groups is 2. The van der Waals surface area contributed by atoms with Crippen LogP contribution in [0.3, 0.4) is 0 Å². The number of hydrogen-bond acceptors (Lipinski definition) is 3. The third-order valence-corrected chi connectivity index (χ3v) is 2.68. The van der Waals surface area contributed by atoms with Crippen LogP contribution in [0.15, 0.2) is 18.2 Å². The summed E-state index contributed by atoms with van der Waals surface area (Å²) in [5, 5.41) is 3.22. The topological polar surface area (TPSA) is 55.4 Å². The number of halogens is 2. The van der Waals surface area contributed by atoms with E-state index in [1.807, 2.05) is 13.8 Å². The van der Waals surface area contributed by atoms with Gasteiger partial charge >= 0.3 is 5.97 Å². The molecule has 1 rings (SSSR count). The molecule has 1 amide bonds.